The van der Waals surface area contributed by atoms with Gasteiger partial charge in [-0.1, -0.05) is 30.3 Å². The molecule has 0 atom stereocenters. The van der Waals surface area contributed by atoms with Gasteiger partial charge in [-0.15, -0.1) is 11.8 Å². The molecule has 3 rings (SSSR count). The molecule has 0 aliphatic carbocycles. The van der Waals surface area contributed by atoms with E-state index in [-0.39, 0.29) is 5.95 Å². The van der Waals surface area contributed by atoms with E-state index in [4.69, 9.17) is 9.26 Å². The largest absolute Gasteiger partial charge is 0.539 e. The summed E-state index contributed by atoms with van der Waals surface area (Å²) in [6.07, 6.45) is 0. The van der Waals surface area contributed by atoms with E-state index in [2.05, 4.69) is 17.4 Å². The van der Waals surface area contributed by atoms with Crippen LogP contribution in [0.1, 0.15) is 11.3 Å². The molecule has 0 bridgehead atoms. The molecular formula is C14H17N3O3S. The van der Waals surface area contributed by atoms with Gasteiger partial charge in [-0.05, 0) is 5.56 Å². The molecule has 0 amide bonds. The third-order valence-electron chi connectivity index (χ3n) is 3.28. The molecule has 0 unspecified atom stereocenters. The van der Waals surface area contributed by atoms with Crippen molar-refractivity contribution >= 4 is 11.8 Å². The van der Waals surface area contributed by atoms with Gasteiger partial charge in [0.15, 0.2) is 5.95 Å². The van der Waals surface area contributed by atoms with Gasteiger partial charge in [-0.3, -0.25) is 0 Å². The van der Waals surface area contributed by atoms with E-state index in [1.807, 2.05) is 23.2 Å². The number of nitrogens with zero attached hydrogens (tertiary/aromatic N) is 3. The number of benzene rings is 1. The minimum absolute atomic E-state index is 0.359. The highest BCUT2D eigenvalue weighted by molar-refractivity contribution is 7.97. The van der Waals surface area contributed by atoms with Crippen LogP contribution in [0.3, 0.4) is 0 Å². The molecule has 112 valence electrons. The fourth-order valence-corrected chi connectivity index (χ4v) is 3.14. The second-order valence-electron chi connectivity index (χ2n) is 4.74. The molecule has 21 heavy (non-hydrogen) atoms. The van der Waals surface area contributed by atoms with Crippen LogP contribution in [-0.4, -0.2) is 31.6 Å². The maximum absolute atomic E-state index is 11.8. The normalized spacial score (nSPS) is 15.3. The van der Waals surface area contributed by atoms with Crippen molar-refractivity contribution in [2.45, 2.75) is 11.5 Å². The van der Waals surface area contributed by atoms with Gasteiger partial charge in [0.1, 0.15) is 5.27 Å². The molecule has 1 aliphatic heterocycles. The Morgan fingerprint density at radius 1 is 1.19 bits per heavy atom. The predicted molar refractivity (Wildman–Crippen MR) is 76.4 cm³/mol. The Morgan fingerprint density at radius 3 is 2.71 bits per heavy atom. The van der Waals surface area contributed by atoms with Crippen LogP contribution in [0.15, 0.2) is 34.9 Å². The van der Waals surface area contributed by atoms with Gasteiger partial charge in [0.05, 0.1) is 32.1 Å². The van der Waals surface area contributed by atoms with Crippen LogP contribution in [0.4, 0.5) is 0 Å². The Morgan fingerprint density at radius 2 is 1.95 bits per heavy atom. The average Bonchev–Trinajstić information content (AvgIpc) is 2.91. The second kappa shape index (κ2) is 6.82. The Kier molecular flexibility index (Phi) is 4.62. The zero-order chi connectivity index (χ0) is 14.5. The van der Waals surface area contributed by atoms with Gasteiger partial charge in [-0.2, -0.15) is 5.01 Å². The molecule has 1 aromatic heterocycles. The number of morpholine rings is 1. The summed E-state index contributed by atoms with van der Waals surface area (Å²) >= 11 is 1.68. The van der Waals surface area contributed by atoms with E-state index in [0.717, 1.165) is 5.75 Å². The molecule has 1 saturated heterocycles. The Hall–Kier alpha value is -1.73. The summed E-state index contributed by atoms with van der Waals surface area (Å²) in [6, 6.07) is 10.2. The van der Waals surface area contributed by atoms with Crippen LogP contribution in [0.2, 0.25) is 0 Å². The number of hydrogen-bond acceptors (Lipinski definition) is 6. The molecule has 1 aromatic carbocycles. The van der Waals surface area contributed by atoms with Gasteiger partial charge in [-0.25, -0.2) is 0 Å². The van der Waals surface area contributed by atoms with Crippen LogP contribution < -0.4 is 14.9 Å². The summed E-state index contributed by atoms with van der Waals surface area (Å²) in [5.41, 5.74) is 1.82. The van der Waals surface area contributed by atoms with Gasteiger partial charge in [0, 0.05) is 10.5 Å². The van der Waals surface area contributed by atoms with Crippen LogP contribution in [0.25, 0.3) is 0 Å². The zero-order valence-corrected chi connectivity index (χ0v) is 12.4. The predicted octanol–water partition coefficient (Wildman–Crippen LogP) is 0.437. The molecular weight excluding hydrogens is 290 g/mol. The lowest BCUT2D eigenvalue weighted by atomic mass is 10.2. The monoisotopic (exact) mass is 307 g/mol. The smallest absolute Gasteiger partial charge is 0.277 e. The van der Waals surface area contributed by atoms with Crippen molar-refractivity contribution in [2.75, 3.05) is 31.3 Å². The van der Waals surface area contributed by atoms with E-state index in [0.29, 0.717) is 37.8 Å². The Labute approximate surface area is 127 Å². The quantitative estimate of drug-likeness (QED) is 0.747. The number of rotatable bonds is 5. The minimum atomic E-state index is -0.359. The molecule has 2 heterocycles. The molecule has 0 radical (unpaired) electrons. The summed E-state index contributed by atoms with van der Waals surface area (Å²) in [4.78, 5) is 1.60. The topological polar surface area (TPSA) is 65.4 Å². The maximum atomic E-state index is 11.8. The number of thioether (sulfide) groups is 1. The lowest BCUT2D eigenvalue weighted by Crippen LogP contribution is -2.64. The first-order valence-electron chi connectivity index (χ1n) is 6.87. The van der Waals surface area contributed by atoms with E-state index in [9.17, 15) is 5.11 Å². The number of ether oxygens (including phenoxy) is 1. The highest BCUT2D eigenvalue weighted by Crippen LogP contribution is 2.19. The summed E-state index contributed by atoms with van der Waals surface area (Å²) in [5.74, 6) is 1.07. The van der Waals surface area contributed by atoms with Gasteiger partial charge >= 0.3 is 0 Å². The van der Waals surface area contributed by atoms with Crippen molar-refractivity contribution in [3.05, 3.63) is 41.6 Å². The molecule has 0 saturated carbocycles. The minimum Gasteiger partial charge on any atom is -0.539 e. The summed E-state index contributed by atoms with van der Waals surface area (Å²) in [7, 11) is 0. The first kappa shape index (κ1) is 14.2. The highest BCUT2D eigenvalue weighted by atomic mass is 32.2. The third-order valence-corrected chi connectivity index (χ3v) is 4.30. The standard InChI is InChI=1S/C14H17N3O3S/c18-14-13(11-21-10-12-4-2-1-3-5-12)17(15-20-14)16-6-8-19-9-7-16/h1-5H,6-11H2. The van der Waals surface area contributed by atoms with E-state index < -0.39 is 0 Å². The van der Waals surface area contributed by atoms with Gasteiger partial charge < -0.3 is 14.4 Å². The van der Waals surface area contributed by atoms with Gasteiger partial charge in [0.25, 0.3) is 5.69 Å². The van der Waals surface area contributed by atoms with Crippen molar-refractivity contribution in [2.24, 2.45) is 0 Å². The van der Waals surface area contributed by atoms with Crippen LogP contribution in [0.5, 0.6) is 5.95 Å². The van der Waals surface area contributed by atoms with Crippen molar-refractivity contribution in [1.29, 1.82) is 0 Å². The first-order chi connectivity index (χ1) is 10.3. The lowest BCUT2D eigenvalue weighted by molar-refractivity contribution is -0.765. The molecule has 7 heteroatoms. The van der Waals surface area contributed by atoms with Crippen molar-refractivity contribution in [3.63, 3.8) is 0 Å². The number of aromatic nitrogens is 2. The SMILES string of the molecule is [O-]c1on[n+](N2CCOCC2)c1CSCc1ccccc1. The van der Waals surface area contributed by atoms with Crippen molar-refractivity contribution < 1.29 is 19.2 Å². The summed E-state index contributed by atoms with van der Waals surface area (Å²) in [6.45, 7) is 2.72. The fraction of sp³-hybridized carbons (Fsp3) is 0.429. The van der Waals surface area contributed by atoms with Crippen LogP contribution in [-0.2, 0) is 16.2 Å². The Balaban J connectivity index is 1.63. The number of hydrogen-bond donors (Lipinski definition) is 0. The van der Waals surface area contributed by atoms with Crippen molar-refractivity contribution in [1.82, 2.24) is 5.27 Å². The molecule has 1 fully saturated rings. The zero-order valence-electron chi connectivity index (χ0n) is 11.6. The van der Waals surface area contributed by atoms with E-state index in [1.165, 1.54) is 5.56 Å². The molecule has 6 nitrogen and oxygen atoms in total. The third kappa shape index (κ3) is 3.48. The molecule has 0 spiro atoms. The van der Waals surface area contributed by atoms with E-state index in [1.54, 1.807) is 16.6 Å². The van der Waals surface area contributed by atoms with Gasteiger partial charge in [0.2, 0.25) is 0 Å². The fourth-order valence-electron chi connectivity index (χ4n) is 2.18. The highest BCUT2D eigenvalue weighted by Gasteiger charge is 2.26. The maximum Gasteiger partial charge on any atom is 0.277 e. The van der Waals surface area contributed by atoms with Crippen molar-refractivity contribution in [3.8, 4) is 5.95 Å². The Bertz CT molecular complexity index is 570. The molecule has 1 aliphatic rings. The average molecular weight is 307 g/mol. The summed E-state index contributed by atoms with van der Waals surface area (Å²) < 4.78 is 10.1. The molecule has 2 aromatic rings. The van der Waals surface area contributed by atoms with Crippen LogP contribution >= 0.6 is 11.8 Å². The second-order valence-corrected chi connectivity index (χ2v) is 5.73. The van der Waals surface area contributed by atoms with Crippen LogP contribution in [0, 0.1) is 0 Å². The molecule has 0 N–H and O–H groups in total. The lowest BCUT2D eigenvalue weighted by Gasteiger charge is -2.20. The van der Waals surface area contributed by atoms with E-state index >= 15 is 0 Å². The summed E-state index contributed by atoms with van der Waals surface area (Å²) in [5, 5.41) is 17.6. The first-order valence-corrected chi connectivity index (χ1v) is 8.02.